The Bertz CT molecular complexity index is 1160. The first-order valence-corrected chi connectivity index (χ1v) is 11.7. The SMILES string of the molecule is CC[C@@H]1CCCCN1S(=O)(=O)c1ccc(C(=O)Nc2cccc3c2C(=O)NC3=O)cc1. The summed E-state index contributed by atoms with van der Waals surface area (Å²) in [7, 11) is -3.63. The van der Waals surface area contributed by atoms with E-state index < -0.39 is 27.7 Å². The van der Waals surface area contributed by atoms with Crippen LogP contribution in [0.5, 0.6) is 0 Å². The fourth-order valence-corrected chi connectivity index (χ4v) is 5.90. The molecule has 2 N–H and O–H groups in total. The van der Waals surface area contributed by atoms with Crippen molar-refractivity contribution in [1.29, 1.82) is 0 Å². The minimum Gasteiger partial charge on any atom is -0.321 e. The quantitative estimate of drug-likeness (QED) is 0.693. The van der Waals surface area contributed by atoms with E-state index in [4.69, 9.17) is 0 Å². The average Bonchev–Trinajstić information content (AvgIpc) is 3.08. The number of nitrogens with zero attached hydrogens (tertiary/aromatic N) is 1. The number of anilines is 1. The summed E-state index contributed by atoms with van der Waals surface area (Å²) in [6.07, 6.45) is 3.48. The molecule has 9 heteroatoms. The Morgan fingerprint density at radius 2 is 1.84 bits per heavy atom. The zero-order valence-corrected chi connectivity index (χ0v) is 17.9. The third-order valence-electron chi connectivity index (χ3n) is 5.78. The number of fused-ring (bicyclic) bond motifs is 1. The number of carbonyl (C=O) groups excluding carboxylic acids is 3. The molecule has 0 aromatic heterocycles. The first-order chi connectivity index (χ1) is 14.8. The lowest BCUT2D eigenvalue weighted by Crippen LogP contribution is -2.43. The summed E-state index contributed by atoms with van der Waals surface area (Å²) in [6.45, 7) is 2.49. The van der Waals surface area contributed by atoms with Gasteiger partial charge >= 0.3 is 0 Å². The summed E-state index contributed by atoms with van der Waals surface area (Å²) < 4.78 is 27.7. The highest BCUT2D eigenvalue weighted by Gasteiger charge is 2.33. The largest absolute Gasteiger partial charge is 0.321 e. The van der Waals surface area contributed by atoms with E-state index in [1.165, 1.54) is 36.4 Å². The molecule has 2 aliphatic heterocycles. The molecular formula is C22H23N3O5S. The van der Waals surface area contributed by atoms with E-state index in [0.29, 0.717) is 6.54 Å². The number of nitrogens with one attached hydrogen (secondary N) is 2. The van der Waals surface area contributed by atoms with Gasteiger partial charge in [-0.2, -0.15) is 4.31 Å². The molecule has 2 aromatic rings. The zero-order valence-electron chi connectivity index (χ0n) is 17.1. The normalized spacial score (nSPS) is 19.1. The molecular weight excluding hydrogens is 418 g/mol. The molecule has 8 nitrogen and oxygen atoms in total. The van der Waals surface area contributed by atoms with Crippen LogP contribution in [-0.2, 0) is 10.0 Å². The molecule has 0 radical (unpaired) electrons. The molecule has 0 unspecified atom stereocenters. The van der Waals surface area contributed by atoms with Gasteiger partial charge in [0.25, 0.3) is 17.7 Å². The molecule has 0 saturated carbocycles. The predicted octanol–water partition coefficient (Wildman–Crippen LogP) is 2.78. The smallest absolute Gasteiger partial charge is 0.261 e. The molecule has 0 aliphatic carbocycles. The summed E-state index contributed by atoms with van der Waals surface area (Å²) in [6, 6.07) is 10.4. The first kappa shape index (κ1) is 21.2. The van der Waals surface area contributed by atoms with Crippen LogP contribution in [0.2, 0.25) is 0 Å². The summed E-state index contributed by atoms with van der Waals surface area (Å²) in [5.41, 5.74) is 0.792. The number of hydrogen-bond donors (Lipinski definition) is 2. The number of hydrogen-bond acceptors (Lipinski definition) is 5. The zero-order chi connectivity index (χ0) is 22.2. The van der Waals surface area contributed by atoms with Gasteiger partial charge in [0, 0.05) is 18.2 Å². The molecule has 4 rings (SSSR count). The second-order valence-electron chi connectivity index (χ2n) is 7.66. The van der Waals surface area contributed by atoms with Gasteiger partial charge in [0.15, 0.2) is 0 Å². The number of piperidine rings is 1. The molecule has 1 atom stereocenters. The molecule has 2 aromatic carbocycles. The maximum atomic E-state index is 13.1. The van der Waals surface area contributed by atoms with E-state index in [0.717, 1.165) is 25.7 Å². The van der Waals surface area contributed by atoms with Gasteiger partial charge in [-0.15, -0.1) is 0 Å². The fraction of sp³-hybridized carbons (Fsp3) is 0.318. The standard InChI is InChI=1S/C22H23N3O5S/c1-2-15-6-3-4-13-25(15)31(29,30)16-11-9-14(10-12-16)20(26)23-18-8-5-7-17-19(18)22(28)24-21(17)27/h5,7-12,15H,2-4,6,13H2,1H3,(H,23,26)(H,24,27,28)/t15-/m1/s1. The van der Waals surface area contributed by atoms with E-state index in [-0.39, 0.29) is 33.3 Å². The Hall–Kier alpha value is -3.04. The second kappa shape index (κ2) is 8.24. The van der Waals surface area contributed by atoms with Crippen LogP contribution in [0.1, 0.15) is 63.7 Å². The lowest BCUT2D eigenvalue weighted by molar-refractivity contribution is 0.0879. The lowest BCUT2D eigenvalue weighted by Gasteiger charge is -2.34. The van der Waals surface area contributed by atoms with E-state index in [1.807, 2.05) is 6.92 Å². The highest BCUT2D eigenvalue weighted by Crippen LogP contribution is 2.28. The Morgan fingerprint density at radius 3 is 2.55 bits per heavy atom. The van der Waals surface area contributed by atoms with Gasteiger partial charge in [0.05, 0.1) is 21.7 Å². The van der Waals surface area contributed by atoms with Crippen molar-refractivity contribution >= 4 is 33.4 Å². The van der Waals surface area contributed by atoms with Crippen LogP contribution in [0.15, 0.2) is 47.4 Å². The van der Waals surface area contributed by atoms with Crippen molar-refractivity contribution < 1.29 is 22.8 Å². The molecule has 0 bridgehead atoms. The van der Waals surface area contributed by atoms with Gasteiger partial charge in [-0.05, 0) is 55.7 Å². The minimum absolute atomic E-state index is 0.00393. The van der Waals surface area contributed by atoms with E-state index >= 15 is 0 Å². The van der Waals surface area contributed by atoms with E-state index in [9.17, 15) is 22.8 Å². The Kier molecular flexibility index (Phi) is 5.63. The highest BCUT2D eigenvalue weighted by atomic mass is 32.2. The van der Waals surface area contributed by atoms with Crippen molar-refractivity contribution in [2.75, 3.05) is 11.9 Å². The number of carbonyl (C=O) groups is 3. The monoisotopic (exact) mass is 441 g/mol. The summed E-state index contributed by atoms with van der Waals surface area (Å²) >= 11 is 0. The van der Waals surface area contributed by atoms with Crippen LogP contribution in [0.3, 0.4) is 0 Å². The topological polar surface area (TPSA) is 113 Å². The molecule has 162 valence electrons. The van der Waals surface area contributed by atoms with Crippen molar-refractivity contribution in [2.45, 2.75) is 43.5 Å². The van der Waals surface area contributed by atoms with E-state index in [2.05, 4.69) is 10.6 Å². The molecule has 1 saturated heterocycles. The maximum absolute atomic E-state index is 13.1. The van der Waals surface area contributed by atoms with Crippen LogP contribution >= 0.6 is 0 Å². The number of sulfonamides is 1. The lowest BCUT2D eigenvalue weighted by atomic mass is 10.0. The van der Waals surface area contributed by atoms with Crippen LogP contribution in [0, 0.1) is 0 Å². The van der Waals surface area contributed by atoms with Crippen molar-refractivity contribution in [3.63, 3.8) is 0 Å². The summed E-state index contributed by atoms with van der Waals surface area (Å²) in [5.74, 6) is -1.58. The van der Waals surface area contributed by atoms with Crippen molar-refractivity contribution in [1.82, 2.24) is 9.62 Å². The Balaban J connectivity index is 1.55. The molecule has 2 aliphatic rings. The van der Waals surface area contributed by atoms with Crippen LogP contribution < -0.4 is 10.6 Å². The van der Waals surface area contributed by atoms with Crippen molar-refractivity contribution in [3.05, 3.63) is 59.2 Å². The van der Waals surface area contributed by atoms with Crippen LogP contribution in [-0.4, -0.2) is 43.0 Å². The van der Waals surface area contributed by atoms with E-state index in [1.54, 1.807) is 10.4 Å². The molecule has 3 amide bonds. The first-order valence-electron chi connectivity index (χ1n) is 10.2. The predicted molar refractivity (Wildman–Crippen MR) is 114 cm³/mol. The van der Waals surface area contributed by atoms with Gasteiger partial charge in [-0.1, -0.05) is 19.4 Å². The molecule has 2 heterocycles. The maximum Gasteiger partial charge on any atom is 0.261 e. The fourth-order valence-electron chi connectivity index (χ4n) is 4.13. The summed E-state index contributed by atoms with van der Waals surface area (Å²) in [4.78, 5) is 36.6. The third-order valence-corrected chi connectivity index (χ3v) is 7.74. The Morgan fingerprint density at radius 1 is 1.10 bits per heavy atom. The van der Waals surface area contributed by atoms with Crippen molar-refractivity contribution in [3.8, 4) is 0 Å². The van der Waals surface area contributed by atoms with Gasteiger partial charge in [0.2, 0.25) is 10.0 Å². The number of imide groups is 1. The minimum atomic E-state index is -3.63. The van der Waals surface area contributed by atoms with Gasteiger partial charge in [0.1, 0.15) is 0 Å². The van der Waals surface area contributed by atoms with Gasteiger partial charge in [-0.25, -0.2) is 8.42 Å². The average molecular weight is 442 g/mol. The highest BCUT2D eigenvalue weighted by molar-refractivity contribution is 7.89. The summed E-state index contributed by atoms with van der Waals surface area (Å²) in [5, 5.41) is 4.83. The Labute approximate surface area is 180 Å². The second-order valence-corrected chi connectivity index (χ2v) is 9.55. The van der Waals surface area contributed by atoms with Crippen molar-refractivity contribution in [2.24, 2.45) is 0 Å². The van der Waals surface area contributed by atoms with Gasteiger partial charge in [-0.3, -0.25) is 19.7 Å². The molecule has 0 spiro atoms. The molecule has 31 heavy (non-hydrogen) atoms. The number of amides is 3. The van der Waals surface area contributed by atoms with Crippen LogP contribution in [0.4, 0.5) is 5.69 Å². The van der Waals surface area contributed by atoms with Crippen LogP contribution in [0.25, 0.3) is 0 Å². The van der Waals surface area contributed by atoms with Gasteiger partial charge < -0.3 is 5.32 Å². The third kappa shape index (κ3) is 3.86. The molecule has 1 fully saturated rings. The number of rotatable bonds is 5. The number of benzene rings is 2.